The predicted molar refractivity (Wildman–Crippen MR) is 118 cm³/mol. The summed E-state index contributed by atoms with van der Waals surface area (Å²) in [5.41, 5.74) is 3.78. The average Bonchev–Trinajstić information content (AvgIpc) is 3.16. The van der Waals surface area contributed by atoms with Gasteiger partial charge in [0.1, 0.15) is 6.10 Å². The molecule has 0 aliphatic carbocycles. The lowest BCUT2D eigenvalue weighted by Crippen LogP contribution is -2.41. The van der Waals surface area contributed by atoms with E-state index in [1.807, 2.05) is 6.92 Å². The number of benzene rings is 2. The fourth-order valence-electron chi connectivity index (χ4n) is 3.63. The van der Waals surface area contributed by atoms with Gasteiger partial charge in [-0.25, -0.2) is 13.4 Å². The van der Waals surface area contributed by atoms with Gasteiger partial charge in [0.05, 0.1) is 15.1 Å². The molecule has 1 fully saturated rings. The molecule has 3 aromatic rings. The highest BCUT2D eigenvalue weighted by Crippen LogP contribution is 2.34. The summed E-state index contributed by atoms with van der Waals surface area (Å²) in [7, 11) is -3.58. The van der Waals surface area contributed by atoms with Crippen molar-refractivity contribution in [3.8, 4) is 5.19 Å². The van der Waals surface area contributed by atoms with Crippen molar-refractivity contribution < 1.29 is 17.9 Å². The maximum atomic E-state index is 12.9. The molecule has 4 rings (SSSR count). The van der Waals surface area contributed by atoms with Gasteiger partial charge in [-0.15, -0.1) is 0 Å². The zero-order chi connectivity index (χ0) is 21.5. The molecule has 1 aliphatic rings. The van der Waals surface area contributed by atoms with Crippen LogP contribution >= 0.6 is 11.3 Å². The maximum absolute atomic E-state index is 12.9. The molecule has 2 heterocycles. The minimum atomic E-state index is -3.58. The van der Waals surface area contributed by atoms with Crippen molar-refractivity contribution in [2.75, 3.05) is 13.1 Å². The van der Waals surface area contributed by atoms with Crippen molar-refractivity contribution >= 4 is 37.4 Å². The van der Waals surface area contributed by atoms with Crippen LogP contribution in [0.5, 0.6) is 5.19 Å². The molecule has 0 amide bonds. The fourth-order valence-corrected chi connectivity index (χ4v) is 6.13. The molecule has 1 aromatic heterocycles. The van der Waals surface area contributed by atoms with Gasteiger partial charge in [-0.05, 0) is 56.9 Å². The normalized spacial score (nSPS) is 16.1. The van der Waals surface area contributed by atoms with Gasteiger partial charge in [-0.1, -0.05) is 35.6 Å². The third kappa shape index (κ3) is 3.99. The second kappa shape index (κ2) is 8.09. The SMILES string of the molecule is CC(=O)c1ccc(S(=O)(=O)N2CCC(Oc3nc4c(C)ccc(C)c4s3)CC2)cc1. The molecule has 0 saturated carbocycles. The van der Waals surface area contributed by atoms with Crippen molar-refractivity contribution in [3.63, 3.8) is 0 Å². The van der Waals surface area contributed by atoms with Crippen molar-refractivity contribution in [3.05, 3.63) is 53.1 Å². The van der Waals surface area contributed by atoms with Crippen LogP contribution in [0.2, 0.25) is 0 Å². The molecule has 0 N–H and O–H groups in total. The number of Topliss-reactive ketones (excluding diaryl/α,β-unsaturated/α-hetero) is 1. The number of hydrogen-bond donors (Lipinski definition) is 0. The summed E-state index contributed by atoms with van der Waals surface area (Å²) >= 11 is 1.55. The Balaban J connectivity index is 1.43. The van der Waals surface area contributed by atoms with E-state index in [4.69, 9.17) is 4.74 Å². The number of hydrogen-bond acceptors (Lipinski definition) is 6. The van der Waals surface area contributed by atoms with E-state index in [1.54, 1.807) is 23.5 Å². The first kappa shape index (κ1) is 21.0. The summed E-state index contributed by atoms with van der Waals surface area (Å²) in [4.78, 5) is 16.3. The van der Waals surface area contributed by atoms with E-state index in [1.165, 1.54) is 28.9 Å². The third-order valence-corrected chi connectivity index (χ3v) is 8.48. The Morgan fingerprint density at radius 3 is 2.30 bits per heavy atom. The Morgan fingerprint density at radius 1 is 1.07 bits per heavy atom. The van der Waals surface area contributed by atoms with Gasteiger partial charge in [0.2, 0.25) is 10.0 Å². The number of carbonyl (C=O) groups is 1. The zero-order valence-corrected chi connectivity index (χ0v) is 18.8. The molecule has 0 bridgehead atoms. The van der Waals surface area contributed by atoms with Crippen LogP contribution in [-0.4, -0.2) is 42.7 Å². The van der Waals surface area contributed by atoms with Crippen LogP contribution in [0.3, 0.4) is 0 Å². The van der Waals surface area contributed by atoms with Crippen LogP contribution in [0, 0.1) is 13.8 Å². The highest BCUT2D eigenvalue weighted by molar-refractivity contribution is 7.89. The van der Waals surface area contributed by atoms with Crippen LogP contribution in [0.25, 0.3) is 10.2 Å². The van der Waals surface area contributed by atoms with Crippen LogP contribution in [0.1, 0.15) is 41.3 Å². The lowest BCUT2D eigenvalue weighted by molar-refractivity contribution is 0.101. The first-order chi connectivity index (χ1) is 14.3. The van der Waals surface area contributed by atoms with Crippen molar-refractivity contribution in [1.82, 2.24) is 9.29 Å². The number of rotatable bonds is 5. The van der Waals surface area contributed by atoms with Gasteiger partial charge in [-0.3, -0.25) is 4.79 Å². The van der Waals surface area contributed by atoms with Crippen molar-refractivity contribution in [2.45, 2.75) is 44.6 Å². The Morgan fingerprint density at radius 2 is 1.70 bits per heavy atom. The summed E-state index contributed by atoms with van der Waals surface area (Å²) < 4.78 is 34.6. The monoisotopic (exact) mass is 444 g/mol. The van der Waals surface area contributed by atoms with E-state index in [0.717, 1.165) is 15.8 Å². The smallest absolute Gasteiger partial charge is 0.274 e. The van der Waals surface area contributed by atoms with Gasteiger partial charge in [0.25, 0.3) is 5.19 Å². The second-order valence-electron chi connectivity index (χ2n) is 7.66. The number of ketones is 1. The second-order valence-corrected chi connectivity index (χ2v) is 10.6. The van der Waals surface area contributed by atoms with Gasteiger partial charge >= 0.3 is 0 Å². The van der Waals surface area contributed by atoms with Gasteiger partial charge < -0.3 is 4.74 Å². The van der Waals surface area contributed by atoms with Gasteiger partial charge in [-0.2, -0.15) is 4.31 Å². The minimum absolute atomic E-state index is 0.0577. The molecule has 8 heteroatoms. The summed E-state index contributed by atoms with van der Waals surface area (Å²) in [6.07, 6.45) is 1.16. The van der Waals surface area contributed by atoms with E-state index >= 15 is 0 Å². The lowest BCUT2D eigenvalue weighted by Gasteiger charge is -2.30. The molecule has 30 heavy (non-hydrogen) atoms. The number of carbonyl (C=O) groups excluding carboxylic acids is 1. The zero-order valence-electron chi connectivity index (χ0n) is 17.2. The molecule has 1 aliphatic heterocycles. The summed E-state index contributed by atoms with van der Waals surface area (Å²) in [5, 5.41) is 0.642. The fraction of sp³-hybridized carbons (Fsp3) is 0.364. The van der Waals surface area contributed by atoms with E-state index in [9.17, 15) is 13.2 Å². The topological polar surface area (TPSA) is 76.6 Å². The largest absolute Gasteiger partial charge is 0.467 e. The number of nitrogens with zero attached hydrogens (tertiary/aromatic N) is 2. The number of aromatic nitrogens is 1. The average molecular weight is 445 g/mol. The van der Waals surface area contributed by atoms with E-state index in [2.05, 4.69) is 24.0 Å². The maximum Gasteiger partial charge on any atom is 0.274 e. The molecule has 2 aromatic carbocycles. The molecule has 1 saturated heterocycles. The van der Waals surface area contributed by atoms with E-state index in [-0.39, 0.29) is 16.8 Å². The highest BCUT2D eigenvalue weighted by atomic mass is 32.2. The van der Waals surface area contributed by atoms with E-state index < -0.39 is 10.0 Å². The van der Waals surface area contributed by atoms with Gasteiger partial charge in [0, 0.05) is 18.7 Å². The van der Waals surface area contributed by atoms with Crippen LogP contribution in [-0.2, 0) is 10.0 Å². The molecule has 0 spiro atoms. The van der Waals surface area contributed by atoms with Crippen molar-refractivity contribution in [2.24, 2.45) is 0 Å². The standard InChI is InChI=1S/C22H24N2O4S2/c1-14-4-5-15(2)21-20(14)23-22(29-21)28-18-10-12-24(13-11-18)30(26,27)19-8-6-17(7-9-19)16(3)25/h4-9,18H,10-13H2,1-3H3. The van der Waals surface area contributed by atoms with Crippen LogP contribution in [0.15, 0.2) is 41.3 Å². The molecular formula is C22H24N2O4S2. The molecule has 0 radical (unpaired) electrons. The third-order valence-electron chi connectivity index (χ3n) is 5.49. The Labute approximate surface area is 180 Å². The quantitative estimate of drug-likeness (QED) is 0.547. The molecule has 6 nitrogen and oxygen atoms in total. The van der Waals surface area contributed by atoms with Crippen molar-refractivity contribution in [1.29, 1.82) is 0 Å². The van der Waals surface area contributed by atoms with Crippen LogP contribution in [0.4, 0.5) is 0 Å². The number of sulfonamides is 1. The molecule has 0 atom stereocenters. The molecule has 0 unspecified atom stereocenters. The Bertz CT molecular complexity index is 1150. The van der Waals surface area contributed by atoms with Gasteiger partial charge in [0.15, 0.2) is 5.78 Å². The highest BCUT2D eigenvalue weighted by Gasteiger charge is 2.30. The van der Waals surface area contributed by atoms with Crippen LogP contribution < -0.4 is 4.74 Å². The number of piperidine rings is 1. The Hall–Kier alpha value is -2.29. The lowest BCUT2D eigenvalue weighted by atomic mass is 10.1. The Kier molecular flexibility index (Phi) is 5.65. The number of aryl methyl sites for hydroxylation is 2. The number of thiazole rings is 1. The summed E-state index contributed by atoms with van der Waals surface area (Å²) in [6, 6.07) is 10.3. The van der Waals surface area contributed by atoms with E-state index in [0.29, 0.717) is 36.7 Å². The first-order valence-corrected chi connectivity index (χ1v) is 12.2. The number of ether oxygens (including phenoxy) is 1. The molecular weight excluding hydrogens is 420 g/mol. The molecule has 158 valence electrons. The summed E-state index contributed by atoms with van der Waals surface area (Å²) in [6.45, 7) is 6.35. The first-order valence-electron chi connectivity index (χ1n) is 9.90. The predicted octanol–water partition coefficient (Wildman–Crippen LogP) is 4.35. The number of fused-ring (bicyclic) bond motifs is 1. The minimum Gasteiger partial charge on any atom is -0.467 e. The summed E-state index contributed by atoms with van der Waals surface area (Å²) in [5.74, 6) is -0.0860.